The average Bonchev–Trinajstić information content (AvgIpc) is 2.37. The first-order chi connectivity index (χ1) is 8.72. The van der Waals surface area contributed by atoms with Crippen LogP contribution in [0.5, 0.6) is 0 Å². The van der Waals surface area contributed by atoms with Crippen molar-refractivity contribution in [2.75, 3.05) is 0 Å². The first kappa shape index (κ1) is 12.2. The first-order valence-corrected chi connectivity index (χ1v) is 7.79. The lowest BCUT2D eigenvalue weighted by molar-refractivity contribution is 0.0896. The van der Waals surface area contributed by atoms with E-state index in [0.29, 0.717) is 5.78 Å². The molecule has 2 aliphatic heterocycles. The molecule has 2 aliphatic rings. The van der Waals surface area contributed by atoms with Crippen LogP contribution >= 0.6 is 11.8 Å². The lowest BCUT2D eigenvalue weighted by Crippen LogP contribution is -2.32. The van der Waals surface area contributed by atoms with Gasteiger partial charge in [-0.2, -0.15) is 11.8 Å². The highest BCUT2D eigenvalue weighted by molar-refractivity contribution is 8.00. The predicted octanol–water partition coefficient (Wildman–Crippen LogP) is 3.64. The van der Waals surface area contributed by atoms with Crippen LogP contribution in [0.25, 0.3) is 0 Å². The standard InChI is InChI=1S/C15H19NOS/c1-10-7-11(5-6-16-10)15(17)12-8-13-3-2-4-14(9-12)18-13/h5-7,12-14H,2-4,8-9H2,1H3. The van der Waals surface area contributed by atoms with Crippen LogP contribution in [-0.2, 0) is 0 Å². The topological polar surface area (TPSA) is 30.0 Å². The van der Waals surface area contributed by atoms with Crippen molar-refractivity contribution in [2.45, 2.75) is 49.5 Å². The fourth-order valence-corrected chi connectivity index (χ4v) is 5.04. The van der Waals surface area contributed by atoms with E-state index in [1.807, 2.05) is 19.1 Å². The van der Waals surface area contributed by atoms with Crippen LogP contribution in [0.15, 0.2) is 18.3 Å². The summed E-state index contributed by atoms with van der Waals surface area (Å²) in [6.45, 7) is 1.95. The van der Waals surface area contributed by atoms with E-state index in [0.717, 1.165) is 34.6 Å². The molecule has 0 amide bonds. The summed E-state index contributed by atoms with van der Waals surface area (Å²) >= 11 is 2.13. The largest absolute Gasteiger partial charge is 0.294 e. The van der Waals surface area contributed by atoms with E-state index in [-0.39, 0.29) is 5.92 Å². The molecule has 0 N–H and O–H groups in total. The van der Waals surface area contributed by atoms with Gasteiger partial charge in [-0.1, -0.05) is 6.42 Å². The Morgan fingerprint density at radius 1 is 1.33 bits per heavy atom. The lowest BCUT2D eigenvalue weighted by Gasteiger charge is -2.37. The SMILES string of the molecule is Cc1cc(C(=O)C2CC3CCCC(C2)S3)ccn1. The van der Waals surface area contributed by atoms with Gasteiger partial charge in [-0.25, -0.2) is 0 Å². The molecule has 3 rings (SSSR count). The molecule has 2 bridgehead atoms. The summed E-state index contributed by atoms with van der Waals surface area (Å²) < 4.78 is 0. The Balaban J connectivity index is 1.76. The molecular formula is C15H19NOS. The van der Waals surface area contributed by atoms with Gasteiger partial charge in [0.25, 0.3) is 0 Å². The molecule has 2 unspecified atom stereocenters. The van der Waals surface area contributed by atoms with Gasteiger partial charge in [0.15, 0.2) is 5.78 Å². The highest BCUT2D eigenvalue weighted by Crippen LogP contribution is 2.44. The summed E-state index contributed by atoms with van der Waals surface area (Å²) in [5.41, 5.74) is 1.80. The number of ketones is 1. The van der Waals surface area contributed by atoms with Gasteiger partial charge < -0.3 is 0 Å². The molecule has 0 aliphatic carbocycles. The molecule has 0 saturated carbocycles. The normalized spacial score (nSPS) is 31.1. The molecule has 0 spiro atoms. The number of hydrogen-bond donors (Lipinski definition) is 0. The van der Waals surface area contributed by atoms with Crippen molar-refractivity contribution in [3.05, 3.63) is 29.6 Å². The Labute approximate surface area is 113 Å². The molecule has 1 aromatic heterocycles. The zero-order valence-electron chi connectivity index (χ0n) is 10.8. The number of thioether (sulfide) groups is 1. The number of pyridine rings is 1. The summed E-state index contributed by atoms with van der Waals surface area (Å²) in [4.78, 5) is 16.7. The highest BCUT2D eigenvalue weighted by atomic mass is 32.2. The van der Waals surface area contributed by atoms with Crippen LogP contribution in [0.4, 0.5) is 0 Å². The molecule has 0 radical (unpaired) electrons. The number of carbonyl (C=O) groups is 1. The Bertz CT molecular complexity index is 448. The van der Waals surface area contributed by atoms with Gasteiger partial charge in [-0.3, -0.25) is 9.78 Å². The van der Waals surface area contributed by atoms with Crippen LogP contribution in [0.3, 0.4) is 0 Å². The summed E-state index contributed by atoms with van der Waals surface area (Å²) in [5.74, 6) is 0.598. The predicted molar refractivity (Wildman–Crippen MR) is 75.0 cm³/mol. The molecule has 0 aromatic carbocycles. The molecular weight excluding hydrogens is 242 g/mol. The fraction of sp³-hybridized carbons (Fsp3) is 0.600. The first-order valence-electron chi connectivity index (χ1n) is 6.84. The highest BCUT2D eigenvalue weighted by Gasteiger charge is 2.35. The number of carbonyl (C=O) groups excluding carboxylic acids is 1. The summed E-state index contributed by atoms with van der Waals surface area (Å²) in [5, 5.41) is 1.46. The third-order valence-corrected chi connectivity index (χ3v) is 5.71. The van der Waals surface area contributed by atoms with Crippen molar-refractivity contribution in [1.29, 1.82) is 0 Å². The van der Waals surface area contributed by atoms with E-state index in [4.69, 9.17) is 0 Å². The minimum Gasteiger partial charge on any atom is -0.294 e. The molecule has 3 heterocycles. The van der Waals surface area contributed by atoms with Gasteiger partial charge in [-0.05, 0) is 44.7 Å². The number of fused-ring (bicyclic) bond motifs is 2. The van der Waals surface area contributed by atoms with Crippen molar-refractivity contribution < 1.29 is 4.79 Å². The second kappa shape index (κ2) is 5.04. The third kappa shape index (κ3) is 2.46. The number of aromatic nitrogens is 1. The summed E-state index contributed by atoms with van der Waals surface area (Å²) in [6, 6.07) is 3.80. The second-order valence-corrected chi connectivity index (χ2v) is 7.13. The zero-order valence-corrected chi connectivity index (χ0v) is 11.6. The van der Waals surface area contributed by atoms with E-state index in [2.05, 4.69) is 16.7 Å². The minimum atomic E-state index is 0.253. The van der Waals surface area contributed by atoms with E-state index >= 15 is 0 Å². The van der Waals surface area contributed by atoms with Crippen LogP contribution < -0.4 is 0 Å². The van der Waals surface area contributed by atoms with Crippen molar-refractivity contribution >= 4 is 17.5 Å². The third-order valence-electron chi connectivity index (χ3n) is 4.08. The Morgan fingerprint density at radius 2 is 2.06 bits per heavy atom. The molecule has 2 nitrogen and oxygen atoms in total. The maximum atomic E-state index is 12.5. The van der Waals surface area contributed by atoms with Crippen molar-refractivity contribution in [1.82, 2.24) is 4.98 Å². The summed E-state index contributed by atoms with van der Waals surface area (Å²) in [7, 11) is 0. The second-order valence-electron chi connectivity index (χ2n) is 5.53. The quantitative estimate of drug-likeness (QED) is 0.761. The minimum absolute atomic E-state index is 0.253. The Kier molecular flexibility index (Phi) is 3.42. The Morgan fingerprint density at radius 3 is 2.72 bits per heavy atom. The van der Waals surface area contributed by atoms with E-state index in [1.54, 1.807) is 6.20 Å². The molecule has 2 atom stereocenters. The van der Waals surface area contributed by atoms with Gasteiger partial charge in [-0.15, -0.1) is 0 Å². The van der Waals surface area contributed by atoms with Gasteiger partial charge in [0.2, 0.25) is 0 Å². The molecule has 96 valence electrons. The van der Waals surface area contributed by atoms with Crippen LogP contribution in [0, 0.1) is 12.8 Å². The zero-order chi connectivity index (χ0) is 12.5. The monoisotopic (exact) mass is 261 g/mol. The van der Waals surface area contributed by atoms with E-state index in [9.17, 15) is 4.79 Å². The van der Waals surface area contributed by atoms with Crippen LogP contribution in [0.1, 0.15) is 48.2 Å². The lowest BCUT2D eigenvalue weighted by atomic mass is 9.84. The molecule has 18 heavy (non-hydrogen) atoms. The van der Waals surface area contributed by atoms with Gasteiger partial charge in [0, 0.05) is 33.9 Å². The smallest absolute Gasteiger partial charge is 0.166 e. The average molecular weight is 261 g/mol. The van der Waals surface area contributed by atoms with Crippen molar-refractivity contribution in [2.24, 2.45) is 5.92 Å². The molecule has 1 aromatic rings. The maximum absolute atomic E-state index is 12.5. The van der Waals surface area contributed by atoms with E-state index < -0.39 is 0 Å². The van der Waals surface area contributed by atoms with E-state index in [1.165, 1.54) is 19.3 Å². The van der Waals surface area contributed by atoms with Gasteiger partial charge in [0.05, 0.1) is 0 Å². The van der Waals surface area contributed by atoms with Gasteiger partial charge in [0.1, 0.15) is 0 Å². The molecule has 3 heteroatoms. The molecule has 2 saturated heterocycles. The number of aryl methyl sites for hydroxylation is 1. The number of Topliss-reactive ketones (excluding diaryl/α,β-unsaturated/α-hetero) is 1. The number of hydrogen-bond acceptors (Lipinski definition) is 3. The van der Waals surface area contributed by atoms with Crippen LogP contribution in [0.2, 0.25) is 0 Å². The molecule has 2 fully saturated rings. The van der Waals surface area contributed by atoms with Crippen molar-refractivity contribution in [3.63, 3.8) is 0 Å². The van der Waals surface area contributed by atoms with Gasteiger partial charge >= 0.3 is 0 Å². The summed E-state index contributed by atoms with van der Waals surface area (Å²) in [6.07, 6.45) is 7.89. The number of rotatable bonds is 2. The van der Waals surface area contributed by atoms with Crippen LogP contribution in [-0.4, -0.2) is 21.3 Å². The number of nitrogens with zero attached hydrogens (tertiary/aromatic N) is 1. The fourth-order valence-electron chi connectivity index (χ4n) is 3.21. The maximum Gasteiger partial charge on any atom is 0.166 e. The Hall–Kier alpha value is -0.830. The van der Waals surface area contributed by atoms with Crippen molar-refractivity contribution in [3.8, 4) is 0 Å².